The normalized spacial score (nSPS) is 14.7. The van der Waals surface area contributed by atoms with E-state index in [0.717, 1.165) is 44.8 Å². The van der Waals surface area contributed by atoms with Gasteiger partial charge in [-0.1, -0.05) is 83.9 Å². The van der Waals surface area contributed by atoms with Crippen LogP contribution in [0.5, 0.6) is 0 Å². The molecule has 7 nitrogen and oxygen atoms in total. The molecule has 1 unspecified atom stereocenters. The number of pyridine rings is 1. The van der Waals surface area contributed by atoms with Crippen LogP contribution < -0.4 is 10.2 Å². The average Bonchev–Trinajstić information content (AvgIpc) is 3.34. The third kappa shape index (κ3) is 5.94. The lowest BCUT2D eigenvalue weighted by atomic mass is 9.99. The maximum absolute atomic E-state index is 14.0. The molecule has 0 fully saturated rings. The predicted molar refractivity (Wildman–Crippen MR) is 173 cm³/mol. The van der Waals surface area contributed by atoms with E-state index in [1.807, 2.05) is 97.4 Å². The zero-order valence-corrected chi connectivity index (χ0v) is 25.4. The minimum atomic E-state index is -0.300. The van der Waals surface area contributed by atoms with Crippen LogP contribution >= 0.6 is 23.4 Å². The van der Waals surface area contributed by atoms with E-state index in [1.54, 1.807) is 17.3 Å². The summed E-state index contributed by atoms with van der Waals surface area (Å²) in [4.78, 5) is 33.1. The summed E-state index contributed by atoms with van der Waals surface area (Å²) in [6.45, 7) is 4.22. The van der Waals surface area contributed by atoms with Crippen LogP contribution in [0.4, 0.5) is 5.82 Å². The van der Waals surface area contributed by atoms with Gasteiger partial charge in [0.2, 0.25) is 11.8 Å². The highest BCUT2D eigenvalue weighted by molar-refractivity contribution is 8.00. The molecule has 0 saturated carbocycles. The SMILES string of the molecule is Cc1ccc(-n2nc(-c3ccccc3)c3c2N(CC(=O)NCc2cccnc2)C(=O)CSC3c2ccccc2Cl)c(C)c1. The number of benzene rings is 3. The number of carbonyl (C=O) groups excluding carboxylic acids is 2. The Balaban J connectivity index is 1.55. The number of carbonyl (C=O) groups is 2. The number of hydrogen-bond acceptors (Lipinski definition) is 5. The Morgan fingerprint density at radius 3 is 2.56 bits per heavy atom. The van der Waals surface area contributed by atoms with Crippen LogP contribution in [0.1, 0.15) is 33.1 Å². The highest BCUT2D eigenvalue weighted by Gasteiger charge is 2.38. The van der Waals surface area contributed by atoms with E-state index in [2.05, 4.69) is 16.4 Å². The smallest absolute Gasteiger partial charge is 0.240 e. The van der Waals surface area contributed by atoms with E-state index in [9.17, 15) is 9.59 Å². The van der Waals surface area contributed by atoms with Gasteiger partial charge in [0.25, 0.3) is 0 Å². The molecule has 5 aromatic rings. The van der Waals surface area contributed by atoms with Gasteiger partial charge in [-0.05, 0) is 48.7 Å². The molecule has 9 heteroatoms. The quantitative estimate of drug-likeness (QED) is 0.223. The van der Waals surface area contributed by atoms with Crippen LogP contribution in [0.2, 0.25) is 5.02 Å². The van der Waals surface area contributed by atoms with Gasteiger partial charge in [-0.2, -0.15) is 5.10 Å². The zero-order chi connectivity index (χ0) is 29.9. The molecule has 2 amide bonds. The first-order valence-electron chi connectivity index (χ1n) is 14.0. The van der Waals surface area contributed by atoms with Crippen molar-refractivity contribution in [1.82, 2.24) is 20.1 Å². The monoisotopic (exact) mass is 607 g/mol. The summed E-state index contributed by atoms with van der Waals surface area (Å²) < 4.78 is 1.83. The largest absolute Gasteiger partial charge is 0.350 e. The first-order chi connectivity index (χ1) is 20.9. The first kappa shape index (κ1) is 28.7. The predicted octanol–water partition coefficient (Wildman–Crippen LogP) is 6.69. The van der Waals surface area contributed by atoms with Crippen LogP contribution in [0.15, 0.2) is 97.3 Å². The molecule has 1 N–H and O–H groups in total. The van der Waals surface area contributed by atoms with Crippen molar-refractivity contribution in [3.63, 3.8) is 0 Å². The van der Waals surface area contributed by atoms with Gasteiger partial charge in [0.15, 0.2) is 0 Å². The topological polar surface area (TPSA) is 80.1 Å². The molecule has 0 saturated heterocycles. The number of nitrogens with zero attached hydrogens (tertiary/aromatic N) is 4. The van der Waals surface area contributed by atoms with E-state index in [0.29, 0.717) is 17.4 Å². The van der Waals surface area contributed by atoms with Crippen LogP contribution in [0.3, 0.4) is 0 Å². The van der Waals surface area contributed by atoms with Gasteiger partial charge in [-0.25, -0.2) is 4.68 Å². The van der Waals surface area contributed by atoms with Gasteiger partial charge >= 0.3 is 0 Å². The number of fused-ring (bicyclic) bond motifs is 1. The Morgan fingerprint density at radius 1 is 1.02 bits per heavy atom. The fourth-order valence-corrected chi connectivity index (χ4v) is 6.92. The lowest BCUT2D eigenvalue weighted by Gasteiger charge is -2.24. The third-order valence-corrected chi connectivity index (χ3v) is 9.00. The number of amides is 2. The van der Waals surface area contributed by atoms with Crippen molar-refractivity contribution in [3.8, 4) is 16.9 Å². The van der Waals surface area contributed by atoms with Crippen LogP contribution in [0, 0.1) is 13.8 Å². The van der Waals surface area contributed by atoms with Gasteiger partial charge in [0, 0.05) is 35.1 Å². The van der Waals surface area contributed by atoms with E-state index >= 15 is 0 Å². The van der Waals surface area contributed by atoms with Gasteiger partial charge in [0.1, 0.15) is 12.4 Å². The molecular weight excluding hydrogens is 578 g/mol. The van der Waals surface area contributed by atoms with E-state index in [-0.39, 0.29) is 29.4 Å². The number of halogens is 1. The number of nitrogens with one attached hydrogen (secondary N) is 1. The summed E-state index contributed by atoms with van der Waals surface area (Å²) in [6.07, 6.45) is 3.40. The number of aromatic nitrogens is 3. The summed E-state index contributed by atoms with van der Waals surface area (Å²) in [6, 6.07) is 27.5. The summed E-state index contributed by atoms with van der Waals surface area (Å²) in [5.41, 5.74) is 7.22. The summed E-state index contributed by atoms with van der Waals surface area (Å²) in [7, 11) is 0. The lowest BCUT2D eigenvalue weighted by molar-refractivity contribution is -0.123. The van der Waals surface area contributed by atoms with Gasteiger partial charge in [0.05, 0.1) is 22.4 Å². The fraction of sp³-hybridized carbons (Fsp3) is 0.176. The number of hydrogen-bond donors (Lipinski definition) is 1. The summed E-state index contributed by atoms with van der Waals surface area (Å²) in [5, 5.41) is 8.45. The number of aryl methyl sites for hydroxylation is 2. The third-order valence-electron chi connectivity index (χ3n) is 7.42. The Hall–Kier alpha value is -4.40. The molecule has 0 spiro atoms. The van der Waals surface area contributed by atoms with Crippen molar-refractivity contribution in [1.29, 1.82) is 0 Å². The average molecular weight is 608 g/mol. The second-order valence-corrected chi connectivity index (χ2v) is 12.0. The number of anilines is 1. The van der Waals surface area contributed by atoms with Crippen LogP contribution in [0.25, 0.3) is 16.9 Å². The van der Waals surface area contributed by atoms with Crippen molar-refractivity contribution in [2.45, 2.75) is 25.6 Å². The molecule has 0 aliphatic carbocycles. The minimum absolute atomic E-state index is 0.160. The lowest BCUT2D eigenvalue weighted by Crippen LogP contribution is -2.42. The Kier molecular flexibility index (Phi) is 8.31. The molecule has 1 aliphatic heterocycles. The standard InChI is InChI=1S/C34H30ClN5O2S/c1-22-14-15-28(23(2)17-22)40-34-31(32(38-40)25-10-4-3-5-11-25)33(26-12-6-7-13-27(26)35)43-21-30(42)39(34)20-29(41)37-19-24-9-8-16-36-18-24/h3-18,33H,19-21H2,1-2H3,(H,37,41). The molecular formula is C34H30ClN5O2S. The molecule has 1 aliphatic rings. The summed E-state index contributed by atoms with van der Waals surface area (Å²) >= 11 is 8.29. The number of thioether (sulfide) groups is 1. The Labute approximate surface area is 259 Å². The van der Waals surface area contributed by atoms with E-state index in [4.69, 9.17) is 16.7 Å². The maximum Gasteiger partial charge on any atom is 0.240 e. The van der Waals surface area contributed by atoms with Crippen molar-refractivity contribution in [3.05, 3.63) is 130 Å². The van der Waals surface area contributed by atoms with Gasteiger partial charge in [-0.15, -0.1) is 11.8 Å². The fourth-order valence-electron chi connectivity index (χ4n) is 5.38. The molecule has 6 rings (SSSR count). The zero-order valence-electron chi connectivity index (χ0n) is 23.8. The van der Waals surface area contributed by atoms with E-state index in [1.165, 1.54) is 11.8 Å². The van der Waals surface area contributed by atoms with Crippen LogP contribution in [-0.4, -0.2) is 38.9 Å². The second-order valence-electron chi connectivity index (χ2n) is 10.5. The van der Waals surface area contributed by atoms with Crippen molar-refractivity contribution < 1.29 is 9.59 Å². The molecule has 2 aromatic heterocycles. The van der Waals surface area contributed by atoms with Crippen molar-refractivity contribution >= 4 is 41.0 Å². The highest BCUT2D eigenvalue weighted by atomic mass is 35.5. The Morgan fingerprint density at radius 2 is 1.81 bits per heavy atom. The molecule has 43 heavy (non-hydrogen) atoms. The molecule has 0 bridgehead atoms. The maximum atomic E-state index is 14.0. The number of rotatable bonds is 7. The van der Waals surface area contributed by atoms with E-state index < -0.39 is 0 Å². The van der Waals surface area contributed by atoms with Gasteiger partial charge < -0.3 is 5.32 Å². The molecule has 0 radical (unpaired) electrons. The van der Waals surface area contributed by atoms with Crippen molar-refractivity contribution in [2.75, 3.05) is 17.2 Å². The first-order valence-corrected chi connectivity index (χ1v) is 15.4. The molecule has 216 valence electrons. The second kappa shape index (κ2) is 12.5. The van der Waals surface area contributed by atoms with Crippen molar-refractivity contribution in [2.24, 2.45) is 0 Å². The van der Waals surface area contributed by atoms with Crippen LogP contribution in [-0.2, 0) is 16.1 Å². The Bertz CT molecular complexity index is 1790. The molecule has 3 aromatic carbocycles. The minimum Gasteiger partial charge on any atom is -0.350 e. The summed E-state index contributed by atoms with van der Waals surface area (Å²) in [5.74, 6) is 0.283. The molecule has 3 heterocycles. The molecule has 1 atom stereocenters. The van der Waals surface area contributed by atoms with Gasteiger partial charge in [-0.3, -0.25) is 19.5 Å². The highest BCUT2D eigenvalue weighted by Crippen LogP contribution is 2.50.